The predicted octanol–water partition coefficient (Wildman–Crippen LogP) is 3.49. The van der Waals surface area contributed by atoms with Gasteiger partial charge in [0.2, 0.25) is 5.91 Å². The number of aliphatic carboxylic acids is 1. The van der Waals surface area contributed by atoms with Gasteiger partial charge in [-0.2, -0.15) is 0 Å². The van der Waals surface area contributed by atoms with E-state index in [-0.39, 0.29) is 18.1 Å². The average Bonchev–Trinajstić information content (AvgIpc) is 3.07. The molecule has 0 aliphatic carbocycles. The molecule has 1 amide bonds. The van der Waals surface area contributed by atoms with Crippen molar-refractivity contribution in [3.8, 4) is 0 Å². The molecule has 2 aromatic rings. The van der Waals surface area contributed by atoms with Crippen LogP contribution in [0.3, 0.4) is 0 Å². The first-order valence-electron chi connectivity index (χ1n) is 7.86. The fourth-order valence-corrected chi connectivity index (χ4v) is 4.13. The number of carbonyl (C=O) groups excluding carboxylic acids is 1. The molecular weight excluding hydrogens is 329 g/mol. The first kappa shape index (κ1) is 16.6. The van der Waals surface area contributed by atoms with Gasteiger partial charge in [-0.3, -0.25) is 9.59 Å². The fourth-order valence-electron chi connectivity index (χ4n) is 3.23. The van der Waals surface area contributed by atoms with Gasteiger partial charge in [0.1, 0.15) is 5.82 Å². The highest BCUT2D eigenvalue weighted by Crippen LogP contribution is 2.38. The van der Waals surface area contributed by atoms with E-state index < -0.39 is 17.9 Å². The smallest absolute Gasteiger partial charge is 0.308 e. The Balaban J connectivity index is 1.84. The number of halogens is 1. The highest BCUT2D eigenvalue weighted by molar-refractivity contribution is 7.10. The van der Waals surface area contributed by atoms with Gasteiger partial charge in [0.25, 0.3) is 0 Å². The van der Waals surface area contributed by atoms with Crippen molar-refractivity contribution in [1.29, 1.82) is 0 Å². The van der Waals surface area contributed by atoms with Crippen LogP contribution in [0, 0.1) is 11.7 Å². The summed E-state index contributed by atoms with van der Waals surface area (Å²) in [5.74, 6) is -1.83. The van der Waals surface area contributed by atoms with E-state index in [0.717, 1.165) is 10.4 Å². The second kappa shape index (κ2) is 7.13. The molecule has 1 aliphatic heterocycles. The molecule has 1 fully saturated rings. The third kappa shape index (κ3) is 3.48. The Labute approximate surface area is 143 Å². The highest BCUT2D eigenvalue weighted by Gasteiger charge is 2.40. The lowest BCUT2D eigenvalue weighted by Crippen LogP contribution is -2.45. The van der Waals surface area contributed by atoms with E-state index in [1.54, 1.807) is 11.0 Å². The Hall–Kier alpha value is -2.21. The summed E-state index contributed by atoms with van der Waals surface area (Å²) in [7, 11) is 0. The third-order valence-corrected chi connectivity index (χ3v) is 5.33. The molecule has 1 aliphatic rings. The second-order valence-corrected chi connectivity index (χ2v) is 6.89. The van der Waals surface area contributed by atoms with Gasteiger partial charge < -0.3 is 10.0 Å². The number of hydrogen-bond donors (Lipinski definition) is 1. The van der Waals surface area contributed by atoms with Crippen LogP contribution in [-0.4, -0.2) is 28.4 Å². The molecule has 126 valence electrons. The Kier molecular flexibility index (Phi) is 4.94. The quantitative estimate of drug-likeness (QED) is 0.901. The number of carboxylic acids is 1. The third-order valence-electron chi connectivity index (χ3n) is 4.39. The van der Waals surface area contributed by atoms with Gasteiger partial charge in [-0.05, 0) is 42.0 Å². The maximum Gasteiger partial charge on any atom is 0.308 e. The number of rotatable bonds is 5. The molecule has 0 radical (unpaired) electrons. The topological polar surface area (TPSA) is 57.6 Å². The molecule has 2 heterocycles. The minimum Gasteiger partial charge on any atom is -0.481 e. The van der Waals surface area contributed by atoms with E-state index in [1.165, 1.54) is 23.5 Å². The molecule has 4 nitrogen and oxygen atoms in total. The molecule has 0 saturated carbocycles. The lowest BCUT2D eigenvalue weighted by Gasteiger charge is -2.39. The number of benzene rings is 1. The summed E-state index contributed by atoms with van der Waals surface area (Å²) in [6.45, 7) is 0.384. The van der Waals surface area contributed by atoms with Crippen LogP contribution in [-0.2, 0) is 16.0 Å². The van der Waals surface area contributed by atoms with Crippen molar-refractivity contribution in [2.75, 3.05) is 6.54 Å². The summed E-state index contributed by atoms with van der Waals surface area (Å²) in [5, 5.41) is 11.4. The van der Waals surface area contributed by atoms with Crippen molar-refractivity contribution < 1.29 is 19.1 Å². The fraction of sp³-hybridized carbons (Fsp3) is 0.333. The molecule has 1 aromatic carbocycles. The molecule has 0 spiro atoms. The first-order valence-corrected chi connectivity index (χ1v) is 8.74. The average molecular weight is 347 g/mol. The van der Waals surface area contributed by atoms with Crippen LogP contribution >= 0.6 is 11.3 Å². The maximum atomic E-state index is 13.3. The van der Waals surface area contributed by atoms with Gasteiger partial charge in [-0.1, -0.05) is 18.2 Å². The van der Waals surface area contributed by atoms with Crippen LogP contribution in [0.5, 0.6) is 0 Å². The zero-order valence-electron chi connectivity index (χ0n) is 13.0. The van der Waals surface area contributed by atoms with Crippen molar-refractivity contribution in [2.45, 2.75) is 25.3 Å². The van der Waals surface area contributed by atoms with Crippen LogP contribution in [0.4, 0.5) is 4.39 Å². The first-order chi connectivity index (χ1) is 11.6. The molecule has 0 unspecified atom stereocenters. The van der Waals surface area contributed by atoms with Crippen LogP contribution in [0.1, 0.15) is 29.3 Å². The van der Waals surface area contributed by atoms with E-state index in [4.69, 9.17) is 0 Å². The van der Waals surface area contributed by atoms with Gasteiger partial charge in [-0.25, -0.2) is 4.39 Å². The maximum absolute atomic E-state index is 13.3. The van der Waals surface area contributed by atoms with Crippen molar-refractivity contribution in [2.24, 2.45) is 5.92 Å². The number of hydrogen-bond acceptors (Lipinski definition) is 3. The molecule has 3 rings (SSSR count). The summed E-state index contributed by atoms with van der Waals surface area (Å²) in [4.78, 5) is 26.6. The summed E-state index contributed by atoms with van der Waals surface area (Å²) in [6.07, 6.45) is 1.09. The SMILES string of the molecule is O=C(O)[C@@H]1CCC(=O)N(CCc2cccc(F)c2)[C@@H]1c1cccs1. The van der Waals surface area contributed by atoms with E-state index in [1.807, 2.05) is 23.6 Å². The van der Waals surface area contributed by atoms with E-state index in [0.29, 0.717) is 19.4 Å². The standard InChI is InChI=1S/C18H18FNO3S/c19-13-4-1-3-12(11-13)8-9-20-16(21)7-6-14(18(22)23)17(20)15-5-2-10-24-15/h1-5,10-11,14,17H,6-9H2,(H,22,23)/t14-,17+/m1/s1. The molecule has 1 aromatic heterocycles. The number of carbonyl (C=O) groups is 2. The van der Waals surface area contributed by atoms with E-state index in [2.05, 4.69) is 0 Å². The highest BCUT2D eigenvalue weighted by atomic mass is 32.1. The minimum atomic E-state index is -0.878. The summed E-state index contributed by atoms with van der Waals surface area (Å²) < 4.78 is 13.3. The number of piperidine rings is 1. The molecule has 2 atom stereocenters. The van der Waals surface area contributed by atoms with Gasteiger partial charge in [-0.15, -0.1) is 11.3 Å². The molecule has 1 saturated heterocycles. The van der Waals surface area contributed by atoms with E-state index >= 15 is 0 Å². The van der Waals surface area contributed by atoms with Crippen LogP contribution in [0.15, 0.2) is 41.8 Å². The lowest BCUT2D eigenvalue weighted by atomic mass is 9.87. The van der Waals surface area contributed by atoms with Crippen LogP contribution in [0.2, 0.25) is 0 Å². The Morgan fingerprint density at radius 3 is 2.83 bits per heavy atom. The van der Waals surface area contributed by atoms with Gasteiger partial charge in [0.05, 0.1) is 12.0 Å². The number of nitrogens with zero attached hydrogens (tertiary/aromatic N) is 1. The summed E-state index contributed by atoms with van der Waals surface area (Å²) in [6, 6.07) is 9.57. The summed E-state index contributed by atoms with van der Waals surface area (Å²) in [5.41, 5.74) is 0.796. The predicted molar refractivity (Wildman–Crippen MR) is 89.2 cm³/mol. The lowest BCUT2D eigenvalue weighted by molar-refractivity contribution is -0.151. The largest absolute Gasteiger partial charge is 0.481 e. The molecular formula is C18H18FNO3S. The monoisotopic (exact) mass is 347 g/mol. The number of carboxylic acid groups (broad SMARTS) is 1. The van der Waals surface area contributed by atoms with Crippen molar-refractivity contribution in [1.82, 2.24) is 4.90 Å². The second-order valence-electron chi connectivity index (χ2n) is 5.91. The summed E-state index contributed by atoms with van der Waals surface area (Å²) >= 11 is 1.46. The van der Waals surface area contributed by atoms with Crippen molar-refractivity contribution in [3.05, 3.63) is 58.0 Å². The van der Waals surface area contributed by atoms with Crippen LogP contribution in [0.25, 0.3) is 0 Å². The Morgan fingerprint density at radius 2 is 2.17 bits per heavy atom. The molecule has 0 bridgehead atoms. The van der Waals surface area contributed by atoms with Gasteiger partial charge >= 0.3 is 5.97 Å². The molecule has 6 heteroatoms. The number of amides is 1. The normalized spacial score (nSPS) is 21.0. The number of likely N-dealkylation sites (tertiary alicyclic amines) is 1. The molecule has 24 heavy (non-hydrogen) atoms. The van der Waals surface area contributed by atoms with Crippen molar-refractivity contribution >= 4 is 23.2 Å². The van der Waals surface area contributed by atoms with Crippen LogP contribution < -0.4 is 0 Å². The van der Waals surface area contributed by atoms with Gasteiger partial charge in [0.15, 0.2) is 0 Å². The Bertz CT molecular complexity index is 732. The van der Waals surface area contributed by atoms with Gasteiger partial charge in [0, 0.05) is 17.8 Å². The van der Waals surface area contributed by atoms with Crippen molar-refractivity contribution in [3.63, 3.8) is 0 Å². The Morgan fingerprint density at radius 1 is 1.33 bits per heavy atom. The zero-order valence-corrected chi connectivity index (χ0v) is 13.8. The molecule has 1 N–H and O–H groups in total. The number of thiophene rings is 1. The van der Waals surface area contributed by atoms with E-state index in [9.17, 15) is 19.1 Å². The zero-order chi connectivity index (χ0) is 17.1. The minimum absolute atomic E-state index is 0.0395.